The molecule has 1 rings (SSSR count). The van der Waals surface area contributed by atoms with Crippen LogP contribution in [-0.2, 0) is 4.79 Å². The standard InChI is InChI=1S/C14H18Cl2N2O3/c1-4-5-14(3,12(19)20)18-13(21)17-11-7-9(15)8(2)6-10(11)16/h6-7H,4-5H2,1-3H3,(H,19,20)(H2,17,18,21). The van der Waals surface area contributed by atoms with Gasteiger partial charge in [-0.2, -0.15) is 0 Å². The van der Waals surface area contributed by atoms with Crippen molar-refractivity contribution in [2.24, 2.45) is 0 Å². The average Bonchev–Trinajstić information content (AvgIpc) is 2.35. The zero-order chi connectivity index (χ0) is 16.2. The van der Waals surface area contributed by atoms with Crippen LogP contribution in [0.5, 0.6) is 0 Å². The summed E-state index contributed by atoms with van der Waals surface area (Å²) in [7, 11) is 0. The molecule has 5 nitrogen and oxygen atoms in total. The number of rotatable bonds is 5. The van der Waals surface area contributed by atoms with E-state index in [-0.39, 0.29) is 0 Å². The number of hydrogen-bond acceptors (Lipinski definition) is 2. The summed E-state index contributed by atoms with van der Waals surface area (Å²) in [5.74, 6) is -1.09. The summed E-state index contributed by atoms with van der Waals surface area (Å²) >= 11 is 12.0. The number of aliphatic carboxylic acids is 1. The first-order chi connectivity index (χ1) is 9.69. The molecule has 116 valence electrons. The van der Waals surface area contributed by atoms with Crippen LogP contribution in [0.4, 0.5) is 10.5 Å². The summed E-state index contributed by atoms with van der Waals surface area (Å²) in [4.78, 5) is 23.2. The topological polar surface area (TPSA) is 78.4 Å². The number of nitrogens with one attached hydrogen (secondary N) is 2. The van der Waals surface area contributed by atoms with Gasteiger partial charge >= 0.3 is 12.0 Å². The molecule has 3 N–H and O–H groups in total. The van der Waals surface area contributed by atoms with E-state index in [0.29, 0.717) is 28.6 Å². The fraction of sp³-hybridized carbons (Fsp3) is 0.429. The van der Waals surface area contributed by atoms with Crippen molar-refractivity contribution in [2.75, 3.05) is 5.32 Å². The van der Waals surface area contributed by atoms with Crippen molar-refractivity contribution < 1.29 is 14.7 Å². The first kappa shape index (κ1) is 17.6. The molecule has 0 aliphatic heterocycles. The van der Waals surface area contributed by atoms with E-state index in [1.54, 1.807) is 13.0 Å². The highest BCUT2D eigenvalue weighted by molar-refractivity contribution is 6.36. The lowest BCUT2D eigenvalue weighted by Gasteiger charge is -2.26. The van der Waals surface area contributed by atoms with Gasteiger partial charge in [-0.05, 0) is 38.0 Å². The smallest absolute Gasteiger partial charge is 0.329 e. The molecular weight excluding hydrogens is 315 g/mol. The summed E-state index contributed by atoms with van der Waals surface area (Å²) in [6.07, 6.45) is 0.943. The molecule has 7 heteroatoms. The number of carbonyl (C=O) groups excluding carboxylic acids is 1. The van der Waals surface area contributed by atoms with Crippen molar-refractivity contribution in [3.05, 3.63) is 27.7 Å². The molecule has 2 amide bonds. The summed E-state index contributed by atoms with van der Waals surface area (Å²) < 4.78 is 0. The normalized spacial score (nSPS) is 13.4. The van der Waals surface area contributed by atoms with Crippen molar-refractivity contribution in [2.45, 2.75) is 39.2 Å². The minimum Gasteiger partial charge on any atom is -0.480 e. The molecule has 0 saturated heterocycles. The van der Waals surface area contributed by atoms with Crippen LogP contribution in [0.15, 0.2) is 12.1 Å². The second-order valence-electron chi connectivity index (χ2n) is 5.05. The minimum absolute atomic E-state index is 0.318. The van der Waals surface area contributed by atoms with Gasteiger partial charge in [-0.3, -0.25) is 0 Å². The number of urea groups is 1. The summed E-state index contributed by atoms with van der Waals surface area (Å²) in [6, 6.07) is 2.51. The molecule has 1 aromatic carbocycles. The molecule has 0 aliphatic rings. The Morgan fingerprint density at radius 1 is 1.29 bits per heavy atom. The van der Waals surface area contributed by atoms with Gasteiger partial charge in [0.25, 0.3) is 0 Å². The summed E-state index contributed by atoms with van der Waals surface area (Å²) in [6.45, 7) is 5.10. The number of carboxylic acid groups (broad SMARTS) is 1. The molecule has 1 aromatic rings. The molecule has 0 heterocycles. The van der Waals surface area contributed by atoms with Crippen LogP contribution in [0.25, 0.3) is 0 Å². The fourth-order valence-corrected chi connectivity index (χ4v) is 2.30. The van der Waals surface area contributed by atoms with Crippen molar-refractivity contribution >= 4 is 40.9 Å². The van der Waals surface area contributed by atoms with Crippen LogP contribution >= 0.6 is 23.2 Å². The number of carboxylic acids is 1. The third-order valence-electron chi connectivity index (χ3n) is 3.11. The Labute approximate surface area is 133 Å². The summed E-state index contributed by atoms with van der Waals surface area (Å²) in [5, 5.41) is 15.0. The molecule has 21 heavy (non-hydrogen) atoms. The Kier molecular flexibility index (Phi) is 5.87. The zero-order valence-electron chi connectivity index (χ0n) is 12.1. The minimum atomic E-state index is -1.33. The first-order valence-electron chi connectivity index (χ1n) is 6.48. The maximum atomic E-state index is 12.0. The lowest BCUT2D eigenvalue weighted by Crippen LogP contribution is -2.53. The predicted molar refractivity (Wildman–Crippen MR) is 84.3 cm³/mol. The van der Waals surface area contributed by atoms with Crippen LogP contribution in [-0.4, -0.2) is 22.6 Å². The van der Waals surface area contributed by atoms with Gasteiger partial charge in [-0.1, -0.05) is 36.5 Å². The molecule has 0 bridgehead atoms. The number of hydrogen-bond donors (Lipinski definition) is 3. The second-order valence-corrected chi connectivity index (χ2v) is 5.86. The van der Waals surface area contributed by atoms with Gasteiger partial charge in [0.2, 0.25) is 0 Å². The predicted octanol–water partition coefficient (Wildman–Crippen LogP) is 4.07. The SMILES string of the molecule is CCCC(C)(NC(=O)Nc1cc(Cl)c(C)cc1Cl)C(=O)O. The largest absolute Gasteiger partial charge is 0.480 e. The monoisotopic (exact) mass is 332 g/mol. The van der Waals surface area contributed by atoms with Crippen molar-refractivity contribution in [3.8, 4) is 0 Å². The summed E-state index contributed by atoms with van der Waals surface area (Å²) in [5.41, 5.74) is -0.220. The molecule has 0 fully saturated rings. The number of anilines is 1. The van der Waals surface area contributed by atoms with Crippen molar-refractivity contribution in [1.29, 1.82) is 0 Å². The van der Waals surface area contributed by atoms with E-state index in [1.807, 2.05) is 6.92 Å². The molecule has 1 atom stereocenters. The number of aryl methyl sites for hydroxylation is 1. The van der Waals surface area contributed by atoms with E-state index in [9.17, 15) is 14.7 Å². The maximum Gasteiger partial charge on any atom is 0.329 e. The second kappa shape index (κ2) is 7.00. The van der Waals surface area contributed by atoms with E-state index in [2.05, 4.69) is 10.6 Å². The number of carbonyl (C=O) groups is 2. The number of halogens is 2. The third-order valence-corrected chi connectivity index (χ3v) is 3.83. The Balaban J connectivity index is 2.87. The molecule has 0 spiro atoms. The Morgan fingerprint density at radius 2 is 1.90 bits per heavy atom. The lowest BCUT2D eigenvalue weighted by molar-refractivity contribution is -0.143. The van der Waals surface area contributed by atoms with Gasteiger partial charge in [-0.25, -0.2) is 9.59 Å². The van der Waals surface area contributed by atoms with E-state index in [0.717, 1.165) is 5.56 Å². The van der Waals surface area contributed by atoms with Gasteiger partial charge in [-0.15, -0.1) is 0 Å². The van der Waals surface area contributed by atoms with Crippen LogP contribution in [0.1, 0.15) is 32.3 Å². The molecule has 0 aromatic heterocycles. The van der Waals surface area contributed by atoms with Crippen LogP contribution in [0.2, 0.25) is 10.0 Å². The van der Waals surface area contributed by atoms with Gasteiger partial charge in [0.1, 0.15) is 5.54 Å². The van der Waals surface area contributed by atoms with Crippen molar-refractivity contribution in [1.82, 2.24) is 5.32 Å². The van der Waals surface area contributed by atoms with E-state index < -0.39 is 17.5 Å². The Morgan fingerprint density at radius 3 is 2.43 bits per heavy atom. The molecular formula is C14H18Cl2N2O3. The lowest BCUT2D eigenvalue weighted by atomic mass is 9.97. The molecule has 1 unspecified atom stereocenters. The van der Waals surface area contributed by atoms with Gasteiger partial charge in [0, 0.05) is 5.02 Å². The third kappa shape index (κ3) is 4.51. The zero-order valence-corrected chi connectivity index (χ0v) is 13.6. The molecule has 0 saturated carbocycles. The molecule has 0 radical (unpaired) electrons. The van der Waals surface area contributed by atoms with Gasteiger partial charge in [0.15, 0.2) is 0 Å². The number of amides is 2. The van der Waals surface area contributed by atoms with Gasteiger partial charge in [0.05, 0.1) is 10.7 Å². The van der Waals surface area contributed by atoms with Crippen molar-refractivity contribution in [3.63, 3.8) is 0 Å². The Bertz CT molecular complexity index is 563. The average molecular weight is 333 g/mol. The highest BCUT2D eigenvalue weighted by Crippen LogP contribution is 2.28. The van der Waals surface area contributed by atoms with Crippen LogP contribution in [0.3, 0.4) is 0 Å². The highest BCUT2D eigenvalue weighted by atomic mass is 35.5. The van der Waals surface area contributed by atoms with E-state index in [4.69, 9.17) is 23.2 Å². The highest BCUT2D eigenvalue weighted by Gasteiger charge is 2.33. The fourth-order valence-electron chi connectivity index (χ4n) is 1.87. The Hall–Kier alpha value is -1.46. The van der Waals surface area contributed by atoms with E-state index in [1.165, 1.54) is 13.0 Å². The van der Waals surface area contributed by atoms with Crippen LogP contribution < -0.4 is 10.6 Å². The quantitative estimate of drug-likeness (QED) is 0.760. The van der Waals surface area contributed by atoms with Gasteiger partial charge < -0.3 is 15.7 Å². The van der Waals surface area contributed by atoms with E-state index >= 15 is 0 Å². The molecule has 0 aliphatic carbocycles. The van der Waals surface area contributed by atoms with Crippen LogP contribution in [0, 0.1) is 6.92 Å². The maximum absolute atomic E-state index is 12.0. The first-order valence-corrected chi connectivity index (χ1v) is 7.23. The number of benzene rings is 1.